The highest BCUT2D eigenvalue weighted by molar-refractivity contribution is 9.10. The Balaban J connectivity index is 2.61. The van der Waals surface area contributed by atoms with E-state index in [1.807, 2.05) is 25.1 Å². The van der Waals surface area contributed by atoms with Gasteiger partial charge in [0.25, 0.3) is 0 Å². The molecule has 0 aliphatic heterocycles. The molecule has 0 bridgehead atoms. The summed E-state index contributed by atoms with van der Waals surface area (Å²) in [5, 5.41) is 12.3. The lowest BCUT2D eigenvalue weighted by molar-refractivity contribution is -0.141. The maximum Gasteiger partial charge on any atom is 0.307 e. The van der Waals surface area contributed by atoms with Gasteiger partial charge in [0.1, 0.15) is 0 Å². The Labute approximate surface area is 123 Å². The van der Waals surface area contributed by atoms with E-state index in [0.717, 1.165) is 11.0 Å². The Kier molecular flexibility index (Phi) is 6.01. The topological polar surface area (TPSA) is 49.3 Å². The number of carbonyl (C=O) groups is 1. The number of benzene rings is 1. The molecule has 4 heteroatoms. The molecular weight excluding hydrogens is 306 g/mol. The molecule has 0 amide bonds. The molecule has 3 nitrogen and oxygen atoms in total. The fraction of sp³-hybridized carbons (Fsp3) is 0.533. The van der Waals surface area contributed by atoms with Crippen molar-refractivity contribution in [2.75, 3.05) is 13.1 Å². The number of carboxylic acids is 1. The zero-order chi connectivity index (χ0) is 14.5. The van der Waals surface area contributed by atoms with E-state index in [9.17, 15) is 4.79 Å². The van der Waals surface area contributed by atoms with Crippen LogP contribution in [0.2, 0.25) is 0 Å². The van der Waals surface area contributed by atoms with Crippen LogP contribution in [0.3, 0.4) is 0 Å². The zero-order valence-electron chi connectivity index (χ0n) is 11.7. The van der Waals surface area contributed by atoms with Gasteiger partial charge in [-0.2, -0.15) is 0 Å². The van der Waals surface area contributed by atoms with Gasteiger partial charge < -0.3 is 10.4 Å². The van der Waals surface area contributed by atoms with Crippen LogP contribution in [0.4, 0.5) is 0 Å². The van der Waals surface area contributed by atoms with Crippen molar-refractivity contribution in [1.82, 2.24) is 5.32 Å². The van der Waals surface area contributed by atoms with Crippen LogP contribution in [0.15, 0.2) is 28.7 Å². The summed E-state index contributed by atoms with van der Waals surface area (Å²) < 4.78 is 1.09. The van der Waals surface area contributed by atoms with E-state index >= 15 is 0 Å². The average Bonchev–Trinajstić information content (AvgIpc) is 2.34. The predicted molar refractivity (Wildman–Crippen MR) is 81.5 cm³/mol. The molecule has 106 valence electrons. The van der Waals surface area contributed by atoms with Gasteiger partial charge in [0, 0.05) is 23.0 Å². The molecule has 0 heterocycles. The number of aliphatic carboxylic acids is 1. The Morgan fingerprint density at radius 2 is 2.05 bits per heavy atom. The van der Waals surface area contributed by atoms with Crippen molar-refractivity contribution in [1.29, 1.82) is 0 Å². The molecular formula is C15H22BrNO2. The minimum atomic E-state index is -0.728. The molecule has 1 aromatic rings. The summed E-state index contributed by atoms with van der Waals surface area (Å²) in [5.74, 6) is -1.04. The summed E-state index contributed by atoms with van der Waals surface area (Å²) in [4.78, 5) is 11.0. The summed E-state index contributed by atoms with van der Waals surface area (Å²) in [5.41, 5.74) is 1.18. The normalized spacial score (nSPS) is 13.3. The molecule has 0 aromatic heterocycles. The highest BCUT2D eigenvalue weighted by Gasteiger charge is 2.23. The molecule has 0 spiro atoms. The van der Waals surface area contributed by atoms with Crippen LogP contribution in [0.25, 0.3) is 0 Å². The van der Waals surface area contributed by atoms with Gasteiger partial charge in [-0.05, 0) is 18.1 Å². The van der Waals surface area contributed by atoms with Crippen molar-refractivity contribution >= 4 is 21.9 Å². The van der Waals surface area contributed by atoms with E-state index in [0.29, 0.717) is 13.0 Å². The first-order valence-corrected chi connectivity index (χ1v) is 7.36. The van der Waals surface area contributed by atoms with Gasteiger partial charge >= 0.3 is 5.97 Å². The quantitative estimate of drug-likeness (QED) is 0.806. The molecule has 1 unspecified atom stereocenters. The summed E-state index contributed by atoms with van der Waals surface area (Å²) >= 11 is 3.57. The van der Waals surface area contributed by atoms with Crippen LogP contribution < -0.4 is 5.32 Å². The van der Waals surface area contributed by atoms with E-state index in [1.54, 1.807) is 0 Å². The van der Waals surface area contributed by atoms with Crippen LogP contribution in [0.1, 0.15) is 32.8 Å². The second kappa shape index (κ2) is 7.06. The van der Waals surface area contributed by atoms with Crippen molar-refractivity contribution in [2.24, 2.45) is 5.92 Å². The van der Waals surface area contributed by atoms with Crippen molar-refractivity contribution in [2.45, 2.75) is 32.6 Å². The van der Waals surface area contributed by atoms with Gasteiger partial charge in [-0.3, -0.25) is 4.79 Å². The van der Waals surface area contributed by atoms with E-state index in [1.165, 1.54) is 5.56 Å². The fourth-order valence-electron chi connectivity index (χ4n) is 2.07. The van der Waals surface area contributed by atoms with E-state index in [2.05, 4.69) is 41.2 Å². The number of carboxylic acid groups (broad SMARTS) is 1. The summed E-state index contributed by atoms with van der Waals surface area (Å²) in [6.07, 6.45) is 0.651. The number of nitrogens with one attached hydrogen (secondary N) is 1. The van der Waals surface area contributed by atoms with Crippen molar-refractivity contribution in [3.05, 3.63) is 34.3 Å². The molecule has 0 saturated heterocycles. The van der Waals surface area contributed by atoms with Crippen molar-refractivity contribution in [3.63, 3.8) is 0 Å². The lowest BCUT2D eigenvalue weighted by Gasteiger charge is -2.27. The minimum Gasteiger partial charge on any atom is -0.481 e. The van der Waals surface area contributed by atoms with Gasteiger partial charge in [0.05, 0.1) is 5.92 Å². The van der Waals surface area contributed by atoms with Gasteiger partial charge in [0.2, 0.25) is 0 Å². The number of hydrogen-bond donors (Lipinski definition) is 2. The first kappa shape index (κ1) is 16.2. The van der Waals surface area contributed by atoms with E-state index in [-0.39, 0.29) is 11.3 Å². The van der Waals surface area contributed by atoms with Crippen molar-refractivity contribution < 1.29 is 9.90 Å². The maximum atomic E-state index is 11.0. The largest absolute Gasteiger partial charge is 0.481 e. The second-order valence-corrected chi connectivity index (χ2v) is 6.29. The molecule has 1 atom stereocenters. The Bertz CT molecular complexity index is 432. The number of halogens is 1. The van der Waals surface area contributed by atoms with E-state index < -0.39 is 5.97 Å². The SMILES string of the molecule is CCC(CNCC(C)(C)c1ccccc1Br)C(=O)O. The third-order valence-electron chi connectivity index (χ3n) is 3.40. The molecule has 0 aliphatic carbocycles. The first-order valence-electron chi connectivity index (χ1n) is 6.57. The highest BCUT2D eigenvalue weighted by atomic mass is 79.9. The predicted octanol–water partition coefficient (Wildman–Crippen LogP) is 3.43. The standard InChI is InChI=1S/C15H22BrNO2/c1-4-11(14(18)19)9-17-10-15(2,3)12-7-5-6-8-13(12)16/h5-8,11,17H,4,9-10H2,1-3H3,(H,18,19). The van der Waals surface area contributed by atoms with Gasteiger partial charge in [-0.25, -0.2) is 0 Å². The van der Waals surface area contributed by atoms with Crippen LogP contribution in [0, 0.1) is 5.92 Å². The highest BCUT2D eigenvalue weighted by Crippen LogP contribution is 2.29. The monoisotopic (exact) mass is 327 g/mol. The summed E-state index contributed by atoms with van der Waals surface area (Å²) in [7, 11) is 0. The molecule has 0 saturated carbocycles. The lowest BCUT2D eigenvalue weighted by Crippen LogP contribution is -2.37. The van der Waals surface area contributed by atoms with Crippen LogP contribution in [0.5, 0.6) is 0 Å². The van der Waals surface area contributed by atoms with Gasteiger partial charge in [-0.15, -0.1) is 0 Å². The van der Waals surface area contributed by atoms with Gasteiger partial charge in [-0.1, -0.05) is 54.9 Å². The molecule has 1 rings (SSSR count). The van der Waals surface area contributed by atoms with Crippen molar-refractivity contribution in [3.8, 4) is 0 Å². The minimum absolute atomic E-state index is 0.0448. The van der Waals surface area contributed by atoms with Crippen LogP contribution in [-0.4, -0.2) is 24.2 Å². The third-order valence-corrected chi connectivity index (χ3v) is 4.09. The summed E-state index contributed by atoms with van der Waals surface area (Å²) in [6.45, 7) is 7.47. The smallest absolute Gasteiger partial charge is 0.307 e. The molecule has 1 aromatic carbocycles. The Morgan fingerprint density at radius 3 is 2.58 bits per heavy atom. The Morgan fingerprint density at radius 1 is 1.42 bits per heavy atom. The number of hydrogen-bond acceptors (Lipinski definition) is 2. The molecule has 0 aliphatic rings. The Hall–Kier alpha value is -0.870. The molecule has 0 radical (unpaired) electrons. The average molecular weight is 328 g/mol. The maximum absolute atomic E-state index is 11.0. The van der Waals surface area contributed by atoms with Crippen LogP contribution >= 0.6 is 15.9 Å². The van der Waals surface area contributed by atoms with E-state index in [4.69, 9.17) is 5.11 Å². The molecule has 2 N–H and O–H groups in total. The first-order chi connectivity index (χ1) is 8.88. The lowest BCUT2D eigenvalue weighted by atomic mass is 9.84. The zero-order valence-corrected chi connectivity index (χ0v) is 13.3. The number of rotatable bonds is 7. The van der Waals surface area contributed by atoms with Crippen LogP contribution in [-0.2, 0) is 10.2 Å². The molecule has 0 fully saturated rings. The fourth-order valence-corrected chi connectivity index (χ4v) is 2.89. The third kappa shape index (κ3) is 4.62. The van der Waals surface area contributed by atoms with Gasteiger partial charge in [0.15, 0.2) is 0 Å². The summed E-state index contributed by atoms with van der Waals surface area (Å²) in [6, 6.07) is 8.14. The molecule has 19 heavy (non-hydrogen) atoms. The second-order valence-electron chi connectivity index (χ2n) is 5.44.